The van der Waals surface area contributed by atoms with E-state index in [9.17, 15) is 0 Å². The van der Waals surface area contributed by atoms with Gasteiger partial charge in [0.05, 0.1) is 16.1 Å². The molecule has 0 aliphatic heterocycles. The quantitative estimate of drug-likeness (QED) is 0.864. The van der Waals surface area contributed by atoms with Gasteiger partial charge in [0.25, 0.3) is 0 Å². The number of halogens is 1. The maximum Gasteiger partial charge on any atom is 0.201 e. The predicted octanol–water partition coefficient (Wildman–Crippen LogP) is 3.49. The van der Waals surface area contributed by atoms with Gasteiger partial charge in [0.15, 0.2) is 0 Å². The van der Waals surface area contributed by atoms with E-state index < -0.39 is 0 Å². The van der Waals surface area contributed by atoms with Crippen LogP contribution in [0.3, 0.4) is 0 Å². The molecule has 1 aromatic carbocycles. The van der Waals surface area contributed by atoms with Gasteiger partial charge in [-0.3, -0.25) is 0 Å². The number of nitrogens with zero attached hydrogens (tertiary/aromatic N) is 2. The van der Waals surface area contributed by atoms with E-state index in [-0.39, 0.29) is 0 Å². The topological polar surface area (TPSA) is 43.8 Å². The molecule has 98 valence electrons. The second-order valence-electron chi connectivity index (χ2n) is 6.43. The van der Waals surface area contributed by atoms with Crippen LogP contribution in [0, 0.1) is 23.7 Å². The third kappa shape index (κ3) is 1.18. The molecule has 1 aromatic heterocycles. The summed E-state index contributed by atoms with van der Waals surface area (Å²) in [6.07, 6.45) is 4.29. The van der Waals surface area contributed by atoms with Crippen LogP contribution in [0.15, 0.2) is 18.2 Å². The summed E-state index contributed by atoms with van der Waals surface area (Å²) < 4.78 is 2.23. The van der Waals surface area contributed by atoms with E-state index in [4.69, 9.17) is 17.3 Å². The van der Waals surface area contributed by atoms with Gasteiger partial charge in [-0.15, -0.1) is 0 Å². The molecule has 0 saturated heterocycles. The zero-order valence-electron chi connectivity index (χ0n) is 10.6. The molecule has 3 fully saturated rings. The Labute approximate surface area is 116 Å². The molecule has 3 nitrogen and oxygen atoms in total. The number of anilines is 1. The minimum Gasteiger partial charge on any atom is -0.369 e. The van der Waals surface area contributed by atoms with Crippen LogP contribution >= 0.6 is 11.6 Å². The highest BCUT2D eigenvalue weighted by Gasteiger charge is 2.66. The lowest BCUT2D eigenvalue weighted by Crippen LogP contribution is -2.08. The van der Waals surface area contributed by atoms with Crippen molar-refractivity contribution in [3.05, 3.63) is 23.2 Å². The van der Waals surface area contributed by atoms with Gasteiger partial charge in [-0.25, -0.2) is 4.98 Å². The monoisotopic (exact) mass is 273 g/mol. The van der Waals surface area contributed by atoms with Crippen molar-refractivity contribution in [2.45, 2.75) is 25.3 Å². The maximum absolute atomic E-state index is 6.38. The standard InChI is InChI=1S/C15H16ClN3/c16-9-2-1-3-10-13(9)19(15(17)18-10)14-11-7-4-5-8(6-7)12(11)14/h1-3,7-8,11-12,14H,4-6H2,(H2,17,18). The van der Waals surface area contributed by atoms with E-state index in [0.29, 0.717) is 12.0 Å². The van der Waals surface area contributed by atoms with Gasteiger partial charge in [-0.2, -0.15) is 0 Å². The fourth-order valence-electron chi connectivity index (χ4n) is 5.05. The summed E-state index contributed by atoms with van der Waals surface area (Å²) in [4.78, 5) is 4.49. The first-order valence-electron chi connectivity index (χ1n) is 7.17. The molecule has 2 N–H and O–H groups in total. The molecule has 3 aliphatic carbocycles. The smallest absolute Gasteiger partial charge is 0.201 e. The molecule has 4 unspecified atom stereocenters. The highest BCUT2D eigenvalue weighted by Crippen LogP contribution is 2.72. The number of nitrogens with two attached hydrogens (primary N) is 1. The van der Waals surface area contributed by atoms with Gasteiger partial charge >= 0.3 is 0 Å². The summed E-state index contributed by atoms with van der Waals surface area (Å²) in [6.45, 7) is 0. The number of hydrogen-bond donors (Lipinski definition) is 1. The Morgan fingerprint density at radius 3 is 2.68 bits per heavy atom. The normalized spacial score (nSPS) is 38.9. The molecule has 4 atom stereocenters. The van der Waals surface area contributed by atoms with Gasteiger partial charge in [0.2, 0.25) is 5.95 Å². The number of rotatable bonds is 1. The Hall–Kier alpha value is -1.22. The Kier molecular flexibility index (Phi) is 1.81. The highest BCUT2D eigenvalue weighted by atomic mass is 35.5. The van der Waals surface area contributed by atoms with Gasteiger partial charge in [0.1, 0.15) is 0 Å². The number of benzene rings is 1. The molecular formula is C15H16ClN3. The van der Waals surface area contributed by atoms with E-state index >= 15 is 0 Å². The highest BCUT2D eigenvalue weighted by molar-refractivity contribution is 6.35. The van der Waals surface area contributed by atoms with Gasteiger partial charge in [-0.05, 0) is 55.1 Å². The van der Waals surface area contributed by atoms with Crippen LogP contribution < -0.4 is 5.73 Å². The van der Waals surface area contributed by atoms with Crippen LogP contribution in [0.5, 0.6) is 0 Å². The molecule has 2 bridgehead atoms. The summed E-state index contributed by atoms with van der Waals surface area (Å²) in [5.74, 6) is 4.19. The van der Waals surface area contributed by atoms with Crippen molar-refractivity contribution in [1.82, 2.24) is 9.55 Å². The third-order valence-electron chi connectivity index (χ3n) is 5.68. The Morgan fingerprint density at radius 1 is 1.21 bits per heavy atom. The van der Waals surface area contributed by atoms with Crippen molar-refractivity contribution in [2.75, 3.05) is 5.73 Å². The molecule has 3 aliphatic rings. The first-order valence-corrected chi connectivity index (χ1v) is 7.55. The van der Waals surface area contributed by atoms with Gasteiger partial charge < -0.3 is 10.3 Å². The predicted molar refractivity (Wildman–Crippen MR) is 76.0 cm³/mol. The fraction of sp³-hybridized carbons (Fsp3) is 0.533. The molecule has 3 saturated carbocycles. The van der Waals surface area contributed by atoms with Crippen LogP contribution in [0.4, 0.5) is 5.95 Å². The molecular weight excluding hydrogens is 258 g/mol. The van der Waals surface area contributed by atoms with E-state index in [0.717, 1.165) is 39.7 Å². The van der Waals surface area contributed by atoms with Crippen LogP contribution in [-0.4, -0.2) is 9.55 Å². The zero-order valence-corrected chi connectivity index (χ0v) is 11.3. The lowest BCUT2D eigenvalue weighted by molar-refractivity contribution is 0.456. The molecule has 0 radical (unpaired) electrons. The molecule has 0 spiro atoms. The molecule has 2 aromatic rings. The van der Waals surface area contributed by atoms with Crippen molar-refractivity contribution in [3.8, 4) is 0 Å². The molecule has 0 amide bonds. The van der Waals surface area contributed by atoms with Crippen molar-refractivity contribution >= 4 is 28.6 Å². The lowest BCUT2D eigenvalue weighted by Gasteiger charge is -2.12. The van der Waals surface area contributed by atoms with Crippen molar-refractivity contribution < 1.29 is 0 Å². The second-order valence-corrected chi connectivity index (χ2v) is 6.83. The zero-order chi connectivity index (χ0) is 12.7. The number of para-hydroxylation sites is 1. The van der Waals surface area contributed by atoms with Gasteiger partial charge in [0, 0.05) is 6.04 Å². The summed E-state index contributed by atoms with van der Waals surface area (Å²) >= 11 is 6.38. The second kappa shape index (κ2) is 3.26. The Balaban J connectivity index is 1.69. The van der Waals surface area contributed by atoms with Crippen LogP contribution in [0.25, 0.3) is 11.0 Å². The van der Waals surface area contributed by atoms with Crippen molar-refractivity contribution in [1.29, 1.82) is 0 Å². The minimum absolute atomic E-state index is 0.566. The molecule has 19 heavy (non-hydrogen) atoms. The summed E-state index contributed by atoms with van der Waals surface area (Å²) in [7, 11) is 0. The largest absolute Gasteiger partial charge is 0.369 e. The van der Waals surface area contributed by atoms with E-state index in [2.05, 4.69) is 9.55 Å². The van der Waals surface area contributed by atoms with E-state index in [1.165, 1.54) is 19.3 Å². The number of imidazole rings is 1. The summed E-state index contributed by atoms with van der Waals surface area (Å²) in [5.41, 5.74) is 8.15. The number of nitrogen functional groups attached to an aromatic ring is 1. The Bertz CT molecular complexity index is 676. The van der Waals surface area contributed by atoms with E-state index in [1.807, 2.05) is 18.2 Å². The molecule has 5 rings (SSSR count). The van der Waals surface area contributed by atoms with E-state index in [1.54, 1.807) is 0 Å². The van der Waals surface area contributed by atoms with Crippen molar-refractivity contribution in [3.63, 3.8) is 0 Å². The Morgan fingerprint density at radius 2 is 1.95 bits per heavy atom. The summed E-state index contributed by atoms with van der Waals surface area (Å²) in [6, 6.07) is 6.45. The molecule has 1 heterocycles. The lowest BCUT2D eigenvalue weighted by atomic mass is 10.0. The molecule has 4 heteroatoms. The fourth-order valence-corrected chi connectivity index (χ4v) is 5.31. The van der Waals surface area contributed by atoms with Crippen molar-refractivity contribution in [2.24, 2.45) is 23.7 Å². The number of aromatic nitrogens is 2. The SMILES string of the molecule is Nc1nc2cccc(Cl)c2n1C1C2C3CCC(C3)C21. The van der Waals surface area contributed by atoms with Crippen LogP contribution in [0.2, 0.25) is 5.02 Å². The number of fused-ring (bicyclic) bond motifs is 6. The van der Waals surface area contributed by atoms with Crippen LogP contribution in [-0.2, 0) is 0 Å². The van der Waals surface area contributed by atoms with Crippen LogP contribution in [0.1, 0.15) is 25.3 Å². The third-order valence-corrected chi connectivity index (χ3v) is 5.99. The first kappa shape index (κ1) is 10.6. The van der Waals surface area contributed by atoms with Gasteiger partial charge in [-0.1, -0.05) is 17.7 Å². The first-order chi connectivity index (χ1) is 9.25. The summed E-state index contributed by atoms with van der Waals surface area (Å²) in [5, 5.41) is 0.777. The number of hydrogen-bond acceptors (Lipinski definition) is 2. The minimum atomic E-state index is 0.566. The maximum atomic E-state index is 6.38. The average molecular weight is 274 g/mol. The average Bonchev–Trinajstić information content (AvgIpc) is 2.75.